The van der Waals surface area contributed by atoms with Crippen LogP contribution in [-0.4, -0.2) is 64.9 Å². The van der Waals surface area contributed by atoms with Gasteiger partial charge in [-0.2, -0.15) is 0 Å². The number of hydrogen-bond acceptors (Lipinski definition) is 6. The minimum absolute atomic E-state index is 0.0544. The molecule has 9 nitrogen and oxygen atoms in total. The van der Waals surface area contributed by atoms with Crippen LogP contribution in [0.3, 0.4) is 0 Å². The van der Waals surface area contributed by atoms with Crippen molar-refractivity contribution >= 4 is 23.6 Å². The van der Waals surface area contributed by atoms with Crippen LogP contribution in [0.5, 0.6) is 0 Å². The van der Waals surface area contributed by atoms with Gasteiger partial charge in [-0.3, -0.25) is 14.4 Å². The van der Waals surface area contributed by atoms with Crippen molar-refractivity contribution in [1.82, 2.24) is 10.2 Å². The molecule has 0 aliphatic carbocycles. The molecule has 27 heavy (non-hydrogen) atoms. The first-order valence-electron chi connectivity index (χ1n) is 8.56. The van der Waals surface area contributed by atoms with Crippen molar-refractivity contribution in [3.63, 3.8) is 0 Å². The van der Waals surface area contributed by atoms with E-state index in [1.54, 1.807) is 12.1 Å². The highest BCUT2D eigenvalue weighted by atomic mass is 16.5. The lowest BCUT2D eigenvalue weighted by Crippen LogP contribution is -2.79. The van der Waals surface area contributed by atoms with Crippen LogP contribution in [-0.2, 0) is 36.9 Å². The maximum atomic E-state index is 12.4. The van der Waals surface area contributed by atoms with Crippen molar-refractivity contribution in [2.24, 2.45) is 5.73 Å². The van der Waals surface area contributed by atoms with Gasteiger partial charge >= 0.3 is 5.97 Å². The zero-order valence-corrected chi connectivity index (χ0v) is 14.8. The van der Waals surface area contributed by atoms with Crippen LogP contribution in [0.15, 0.2) is 24.3 Å². The van der Waals surface area contributed by atoms with Crippen LogP contribution in [0.25, 0.3) is 0 Å². The summed E-state index contributed by atoms with van der Waals surface area (Å²) in [7, 11) is 1.31. The number of carboxylic acids is 1. The summed E-state index contributed by atoms with van der Waals surface area (Å²) in [6, 6.07) is 4.21. The monoisotopic (exact) mass is 375 g/mol. The van der Waals surface area contributed by atoms with Gasteiger partial charge in [-0.25, -0.2) is 4.79 Å². The van der Waals surface area contributed by atoms with Crippen molar-refractivity contribution in [2.75, 3.05) is 7.11 Å². The van der Waals surface area contributed by atoms with E-state index in [0.717, 1.165) is 16.0 Å². The first kappa shape index (κ1) is 19.0. The van der Waals surface area contributed by atoms with Gasteiger partial charge in [0.1, 0.15) is 12.1 Å². The Morgan fingerprint density at radius 2 is 1.96 bits per heavy atom. The average molecular weight is 375 g/mol. The summed E-state index contributed by atoms with van der Waals surface area (Å²) >= 11 is 0. The molecule has 0 spiro atoms. The Kier molecular flexibility index (Phi) is 5.24. The highest BCUT2D eigenvalue weighted by Crippen LogP contribution is 2.33. The number of rotatable bonds is 6. The fourth-order valence-electron chi connectivity index (χ4n) is 3.72. The molecule has 0 saturated carbocycles. The zero-order chi connectivity index (χ0) is 19.7. The smallest absolute Gasteiger partial charge is 0.334 e. The molecule has 1 aromatic carbocycles. The molecule has 144 valence electrons. The number of hydrogen-bond donors (Lipinski definition) is 3. The number of Topliss-reactive ketones (excluding diaryl/α,β-unsaturated/α-hetero) is 1. The molecule has 2 heterocycles. The number of nitrogens with one attached hydrogen (secondary N) is 1. The minimum atomic E-state index is -1.58. The van der Waals surface area contributed by atoms with Gasteiger partial charge in [0, 0.05) is 20.1 Å². The molecular weight excluding hydrogens is 354 g/mol. The van der Waals surface area contributed by atoms with Gasteiger partial charge in [-0.05, 0) is 11.1 Å². The Morgan fingerprint density at radius 1 is 1.30 bits per heavy atom. The lowest BCUT2D eigenvalue weighted by Gasteiger charge is -2.53. The number of benzene rings is 1. The standard InChI is InChI=1S/C18H21N3O6/c1-27-12-7-11-14(17(24)21(11)15(16(12)23)18(25)26)20-13(22)6-9-4-2-3-5-10(9)8-19/h2-5,11-12,14-15H,6-8,19H2,1H3,(H,20,22)(H,25,26). The third kappa shape index (κ3) is 3.31. The molecule has 4 unspecified atom stereocenters. The number of aliphatic carboxylic acids is 1. The molecule has 2 fully saturated rings. The number of nitrogens with zero attached hydrogens (tertiary/aromatic N) is 1. The van der Waals surface area contributed by atoms with Crippen molar-refractivity contribution in [3.05, 3.63) is 35.4 Å². The Bertz CT molecular complexity index is 795. The second kappa shape index (κ2) is 7.45. The van der Waals surface area contributed by atoms with Gasteiger partial charge in [-0.15, -0.1) is 0 Å². The Morgan fingerprint density at radius 3 is 2.56 bits per heavy atom. The molecule has 0 aromatic heterocycles. The fourth-order valence-corrected chi connectivity index (χ4v) is 3.72. The van der Waals surface area contributed by atoms with Crippen molar-refractivity contribution < 1.29 is 29.0 Å². The summed E-state index contributed by atoms with van der Waals surface area (Å²) in [5, 5.41) is 12.0. The zero-order valence-electron chi connectivity index (χ0n) is 14.8. The van der Waals surface area contributed by atoms with Crippen LogP contribution in [0, 0.1) is 0 Å². The van der Waals surface area contributed by atoms with E-state index in [4.69, 9.17) is 10.5 Å². The SMILES string of the molecule is COC1CC2C(NC(=O)Cc3ccccc3CN)C(=O)N2C(C(=O)O)C1=O. The van der Waals surface area contributed by atoms with E-state index < -0.39 is 41.9 Å². The van der Waals surface area contributed by atoms with Crippen molar-refractivity contribution in [3.8, 4) is 0 Å². The molecule has 0 radical (unpaired) electrons. The summed E-state index contributed by atoms with van der Waals surface area (Å²) in [6.45, 7) is 0.292. The minimum Gasteiger partial charge on any atom is -0.479 e. The summed E-state index contributed by atoms with van der Waals surface area (Å²) in [5.74, 6) is -3.00. The second-order valence-corrected chi connectivity index (χ2v) is 6.61. The summed E-state index contributed by atoms with van der Waals surface area (Å²) in [5.41, 5.74) is 7.27. The molecular formula is C18H21N3O6. The topological polar surface area (TPSA) is 139 Å². The normalized spacial score (nSPS) is 27.0. The Balaban J connectivity index is 1.71. The summed E-state index contributed by atoms with van der Waals surface area (Å²) < 4.78 is 5.07. The van der Waals surface area contributed by atoms with Crippen molar-refractivity contribution in [2.45, 2.75) is 43.6 Å². The summed E-state index contributed by atoms with van der Waals surface area (Å²) in [4.78, 5) is 49.4. The number of carbonyl (C=O) groups excluding carboxylic acids is 3. The number of methoxy groups -OCH3 is 1. The van der Waals surface area contributed by atoms with E-state index in [1.807, 2.05) is 12.1 Å². The first-order chi connectivity index (χ1) is 12.9. The Hall–Kier alpha value is -2.78. The fraction of sp³-hybridized carbons (Fsp3) is 0.444. The number of β-lactam (4-membered cyclic amide) rings is 1. The number of nitrogens with two attached hydrogens (primary N) is 1. The number of ketones is 1. The molecule has 9 heteroatoms. The van der Waals surface area contributed by atoms with Crippen LogP contribution in [0.2, 0.25) is 0 Å². The maximum Gasteiger partial charge on any atom is 0.334 e. The van der Waals surface area contributed by atoms with E-state index in [9.17, 15) is 24.3 Å². The number of ether oxygens (including phenoxy) is 1. The van der Waals surface area contributed by atoms with Gasteiger partial charge in [-0.1, -0.05) is 24.3 Å². The molecule has 2 aliphatic rings. The molecule has 3 rings (SSSR count). The molecule has 2 aliphatic heterocycles. The second-order valence-electron chi connectivity index (χ2n) is 6.61. The van der Waals surface area contributed by atoms with Crippen LogP contribution in [0.4, 0.5) is 0 Å². The molecule has 2 amide bonds. The van der Waals surface area contributed by atoms with Gasteiger partial charge in [0.2, 0.25) is 11.8 Å². The van der Waals surface area contributed by atoms with E-state index in [2.05, 4.69) is 5.32 Å². The largest absolute Gasteiger partial charge is 0.479 e. The highest BCUT2D eigenvalue weighted by Gasteiger charge is 2.59. The summed E-state index contributed by atoms with van der Waals surface area (Å²) in [6.07, 6.45) is -0.716. The quantitative estimate of drug-likeness (QED) is 0.420. The van der Waals surface area contributed by atoms with Crippen molar-refractivity contribution in [1.29, 1.82) is 0 Å². The predicted octanol–water partition coefficient (Wildman–Crippen LogP) is -1.18. The first-order valence-corrected chi connectivity index (χ1v) is 8.56. The molecule has 0 bridgehead atoms. The number of amides is 2. The molecule has 4 atom stereocenters. The van der Waals surface area contributed by atoms with Gasteiger partial charge in [0.05, 0.1) is 12.5 Å². The third-order valence-corrected chi connectivity index (χ3v) is 5.11. The number of piperidine rings is 1. The number of carboxylic acid groups (broad SMARTS) is 1. The van der Waals surface area contributed by atoms with E-state index in [-0.39, 0.29) is 18.7 Å². The van der Waals surface area contributed by atoms with E-state index in [0.29, 0.717) is 6.54 Å². The maximum absolute atomic E-state index is 12.4. The third-order valence-electron chi connectivity index (χ3n) is 5.11. The lowest BCUT2D eigenvalue weighted by atomic mass is 9.80. The van der Waals surface area contributed by atoms with E-state index >= 15 is 0 Å². The van der Waals surface area contributed by atoms with E-state index in [1.165, 1.54) is 7.11 Å². The van der Waals surface area contributed by atoms with Crippen LogP contribution < -0.4 is 11.1 Å². The Labute approximate surface area is 155 Å². The number of fused-ring (bicyclic) bond motifs is 1. The van der Waals surface area contributed by atoms with Gasteiger partial charge in [0.15, 0.2) is 11.8 Å². The van der Waals surface area contributed by atoms with Gasteiger partial charge in [0.25, 0.3) is 0 Å². The van der Waals surface area contributed by atoms with Gasteiger partial charge < -0.3 is 25.8 Å². The predicted molar refractivity (Wildman–Crippen MR) is 92.4 cm³/mol. The lowest BCUT2D eigenvalue weighted by molar-refractivity contribution is -0.180. The average Bonchev–Trinajstić information content (AvgIpc) is 2.65. The highest BCUT2D eigenvalue weighted by molar-refractivity contribution is 6.11. The van der Waals surface area contributed by atoms with Crippen LogP contribution in [0.1, 0.15) is 17.5 Å². The molecule has 4 N–H and O–H groups in total. The molecule has 2 saturated heterocycles. The molecule has 1 aromatic rings. The van der Waals surface area contributed by atoms with Crippen LogP contribution >= 0.6 is 0 Å². The number of carbonyl (C=O) groups is 4.